The van der Waals surface area contributed by atoms with Crippen LogP contribution in [0, 0.1) is 0 Å². The monoisotopic (exact) mass is 351 g/mol. The highest BCUT2D eigenvalue weighted by molar-refractivity contribution is 5.89. The van der Waals surface area contributed by atoms with Gasteiger partial charge in [0.2, 0.25) is 0 Å². The van der Waals surface area contributed by atoms with E-state index in [0.717, 1.165) is 29.1 Å². The van der Waals surface area contributed by atoms with Crippen molar-refractivity contribution in [2.75, 3.05) is 25.5 Å². The van der Waals surface area contributed by atoms with E-state index in [1.165, 1.54) is 0 Å². The molecule has 1 aliphatic rings. The first-order valence-corrected chi connectivity index (χ1v) is 8.63. The third kappa shape index (κ3) is 2.96. The maximum absolute atomic E-state index is 12.6. The molecule has 0 aliphatic carbocycles. The van der Waals surface area contributed by atoms with Crippen molar-refractivity contribution in [2.45, 2.75) is 12.3 Å². The van der Waals surface area contributed by atoms with Gasteiger partial charge >= 0.3 is 6.03 Å². The fraction of sp³-hybridized carbons (Fsp3) is 0.316. The van der Waals surface area contributed by atoms with Crippen molar-refractivity contribution in [3.05, 3.63) is 48.4 Å². The summed E-state index contributed by atoms with van der Waals surface area (Å²) in [6.07, 6.45) is 2.67. The molecule has 2 aromatic heterocycles. The van der Waals surface area contributed by atoms with Crippen LogP contribution in [0.3, 0.4) is 0 Å². The second-order valence-electron chi connectivity index (χ2n) is 6.47. The standard InChI is InChI=1S/C19H21N5O2/c1-23-17(22-16-7-4-9-20-18(16)23)13-8-10-24(12-13)19(25)21-14-5-3-6-15(11-14)26-2/h3-7,9,11,13H,8,10,12H2,1-2H3,(H,21,25). The first-order chi connectivity index (χ1) is 12.7. The molecule has 134 valence electrons. The van der Waals surface area contributed by atoms with E-state index in [4.69, 9.17) is 9.72 Å². The van der Waals surface area contributed by atoms with Gasteiger partial charge in [-0.1, -0.05) is 6.07 Å². The molecule has 1 fully saturated rings. The fourth-order valence-electron chi connectivity index (χ4n) is 3.47. The van der Waals surface area contributed by atoms with Crippen LogP contribution in [0.5, 0.6) is 5.75 Å². The lowest BCUT2D eigenvalue weighted by atomic mass is 10.1. The Balaban J connectivity index is 1.47. The van der Waals surface area contributed by atoms with Gasteiger partial charge in [0.1, 0.15) is 17.1 Å². The second kappa shape index (κ2) is 6.67. The molecule has 7 nitrogen and oxygen atoms in total. The lowest BCUT2D eigenvalue weighted by molar-refractivity contribution is 0.222. The molecule has 0 spiro atoms. The molecular formula is C19H21N5O2. The average Bonchev–Trinajstić information content (AvgIpc) is 3.27. The Morgan fingerprint density at radius 1 is 1.31 bits per heavy atom. The number of likely N-dealkylation sites (tertiary alicyclic amines) is 1. The summed E-state index contributed by atoms with van der Waals surface area (Å²) in [7, 11) is 3.59. The number of ether oxygens (including phenoxy) is 1. The fourth-order valence-corrected chi connectivity index (χ4v) is 3.47. The number of imidazole rings is 1. The average molecular weight is 351 g/mol. The van der Waals surface area contributed by atoms with Crippen LogP contribution >= 0.6 is 0 Å². The number of urea groups is 1. The van der Waals surface area contributed by atoms with Crippen molar-refractivity contribution < 1.29 is 9.53 Å². The van der Waals surface area contributed by atoms with Gasteiger partial charge in [0.25, 0.3) is 0 Å². The lowest BCUT2D eigenvalue weighted by Crippen LogP contribution is -2.33. The molecule has 0 radical (unpaired) electrons. The number of hydrogen-bond acceptors (Lipinski definition) is 4. The molecule has 1 saturated heterocycles. The molecule has 1 N–H and O–H groups in total. The van der Waals surface area contributed by atoms with Crippen molar-refractivity contribution in [3.8, 4) is 5.75 Å². The number of fused-ring (bicyclic) bond motifs is 1. The first-order valence-electron chi connectivity index (χ1n) is 8.63. The van der Waals surface area contributed by atoms with E-state index >= 15 is 0 Å². The first kappa shape index (κ1) is 16.4. The number of pyridine rings is 1. The zero-order chi connectivity index (χ0) is 18.1. The Labute approximate surface area is 151 Å². The molecule has 4 rings (SSSR count). The summed E-state index contributed by atoms with van der Waals surface area (Å²) >= 11 is 0. The summed E-state index contributed by atoms with van der Waals surface area (Å²) in [4.78, 5) is 23.5. The van der Waals surface area contributed by atoms with Crippen molar-refractivity contribution in [3.63, 3.8) is 0 Å². The predicted molar refractivity (Wildman–Crippen MR) is 99.5 cm³/mol. The Hall–Kier alpha value is -3.09. The van der Waals surface area contributed by atoms with Gasteiger partial charge in [0.05, 0.1) is 7.11 Å². The topological polar surface area (TPSA) is 72.3 Å². The van der Waals surface area contributed by atoms with Gasteiger partial charge in [-0.2, -0.15) is 0 Å². The summed E-state index contributed by atoms with van der Waals surface area (Å²) in [6, 6.07) is 11.1. The van der Waals surface area contributed by atoms with Crippen molar-refractivity contribution in [1.29, 1.82) is 0 Å². The molecule has 2 amide bonds. The van der Waals surface area contributed by atoms with Crippen LogP contribution in [0.2, 0.25) is 0 Å². The minimum absolute atomic E-state index is 0.0994. The van der Waals surface area contributed by atoms with E-state index in [1.807, 2.05) is 52.9 Å². The number of rotatable bonds is 3. The number of amides is 2. The number of nitrogens with zero attached hydrogens (tertiary/aromatic N) is 4. The van der Waals surface area contributed by atoms with Gasteiger partial charge in [0.15, 0.2) is 5.65 Å². The Morgan fingerprint density at radius 3 is 3.00 bits per heavy atom. The molecule has 0 saturated carbocycles. The molecule has 1 aromatic carbocycles. The molecule has 1 atom stereocenters. The largest absolute Gasteiger partial charge is 0.497 e. The van der Waals surface area contributed by atoms with E-state index in [9.17, 15) is 4.79 Å². The van der Waals surface area contributed by atoms with Crippen LogP contribution in [-0.4, -0.2) is 45.7 Å². The van der Waals surface area contributed by atoms with Gasteiger partial charge in [0, 0.05) is 44.0 Å². The van der Waals surface area contributed by atoms with E-state index in [2.05, 4.69) is 10.3 Å². The molecule has 0 bridgehead atoms. The minimum atomic E-state index is -0.0994. The molecule has 26 heavy (non-hydrogen) atoms. The zero-order valence-corrected chi connectivity index (χ0v) is 14.8. The third-order valence-corrected chi connectivity index (χ3v) is 4.82. The number of carbonyl (C=O) groups excluding carboxylic acids is 1. The predicted octanol–water partition coefficient (Wildman–Crippen LogP) is 3.00. The van der Waals surface area contributed by atoms with Gasteiger partial charge in [-0.15, -0.1) is 0 Å². The summed E-state index contributed by atoms with van der Waals surface area (Å²) in [5, 5.41) is 2.94. The highest BCUT2D eigenvalue weighted by Gasteiger charge is 2.30. The van der Waals surface area contributed by atoms with Crippen molar-refractivity contribution in [1.82, 2.24) is 19.4 Å². The number of carbonyl (C=O) groups is 1. The van der Waals surface area contributed by atoms with Gasteiger partial charge in [-0.3, -0.25) is 0 Å². The molecular weight excluding hydrogens is 330 g/mol. The summed E-state index contributed by atoms with van der Waals surface area (Å²) < 4.78 is 7.23. The quantitative estimate of drug-likeness (QED) is 0.787. The Bertz CT molecular complexity index is 952. The number of anilines is 1. The Kier molecular flexibility index (Phi) is 4.20. The van der Waals surface area contributed by atoms with Crippen LogP contribution in [0.4, 0.5) is 10.5 Å². The lowest BCUT2D eigenvalue weighted by Gasteiger charge is -2.17. The molecule has 3 aromatic rings. The van der Waals surface area contributed by atoms with Crippen molar-refractivity contribution in [2.24, 2.45) is 7.05 Å². The highest BCUT2D eigenvalue weighted by atomic mass is 16.5. The van der Waals surface area contributed by atoms with Crippen LogP contribution < -0.4 is 10.1 Å². The summed E-state index contributed by atoms with van der Waals surface area (Å²) in [5.41, 5.74) is 2.50. The Morgan fingerprint density at radius 2 is 2.19 bits per heavy atom. The van der Waals surface area contributed by atoms with E-state index in [-0.39, 0.29) is 11.9 Å². The van der Waals surface area contributed by atoms with Crippen LogP contribution in [0.15, 0.2) is 42.6 Å². The number of methoxy groups -OCH3 is 1. The van der Waals surface area contributed by atoms with E-state index in [0.29, 0.717) is 18.8 Å². The molecule has 7 heteroatoms. The minimum Gasteiger partial charge on any atom is -0.497 e. The zero-order valence-electron chi connectivity index (χ0n) is 14.8. The van der Waals surface area contributed by atoms with E-state index < -0.39 is 0 Å². The normalized spacial score (nSPS) is 16.8. The smallest absolute Gasteiger partial charge is 0.321 e. The number of benzene rings is 1. The molecule has 3 heterocycles. The number of aromatic nitrogens is 3. The number of aryl methyl sites for hydroxylation is 1. The van der Waals surface area contributed by atoms with Crippen molar-refractivity contribution >= 4 is 22.9 Å². The molecule has 1 unspecified atom stereocenters. The maximum Gasteiger partial charge on any atom is 0.321 e. The highest BCUT2D eigenvalue weighted by Crippen LogP contribution is 2.29. The summed E-state index contributed by atoms with van der Waals surface area (Å²) in [5.74, 6) is 1.91. The number of hydrogen-bond donors (Lipinski definition) is 1. The summed E-state index contributed by atoms with van der Waals surface area (Å²) in [6.45, 7) is 1.35. The van der Waals surface area contributed by atoms with Gasteiger partial charge < -0.3 is 19.5 Å². The van der Waals surface area contributed by atoms with Crippen LogP contribution in [-0.2, 0) is 7.05 Å². The molecule has 1 aliphatic heterocycles. The third-order valence-electron chi connectivity index (χ3n) is 4.82. The number of nitrogens with one attached hydrogen (secondary N) is 1. The maximum atomic E-state index is 12.6. The van der Waals surface area contributed by atoms with Gasteiger partial charge in [-0.25, -0.2) is 14.8 Å². The van der Waals surface area contributed by atoms with Gasteiger partial charge in [-0.05, 0) is 30.7 Å². The van der Waals surface area contributed by atoms with Crippen LogP contribution in [0.25, 0.3) is 11.2 Å². The SMILES string of the molecule is COc1cccc(NC(=O)N2CCC(c3nc4cccnc4n3C)C2)c1. The van der Waals surface area contributed by atoms with Crippen LogP contribution in [0.1, 0.15) is 18.2 Å². The second-order valence-corrected chi connectivity index (χ2v) is 6.47. The van der Waals surface area contributed by atoms with E-state index in [1.54, 1.807) is 13.3 Å².